The van der Waals surface area contributed by atoms with Crippen LogP contribution < -0.4 is 0 Å². The van der Waals surface area contributed by atoms with Crippen LogP contribution in [0.1, 0.15) is 31.2 Å². The molecule has 2 aliphatic rings. The van der Waals surface area contributed by atoms with Gasteiger partial charge in [0.1, 0.15) is 0 Å². The van der Waals surface area contributed by atoms with Gasteiger partial charge in [-0.05, 0) is 50.4 Å². The summed E-state index contributed by atoms with van der Waals surface area (Å²) in [6.07, 6.45) is 5.41. The molecular weight excluding hydrogens is 242 g/mol. The average Bonchev–Trinajstić information content (AvgIpc) is 2.62. The topological polar surface area (TPSA) is 23.5 Å². The minimum atomic E-state index is 0.146. The smallest absolute Gasteiger partial charge is 0.0682 e. The quantitative estimate of drug-likeness (QED) is 0.907. The summed E-state index contributed by atoms with van der Waals surface area (Å²) in [6, 6.07) is 9.96. The molecule has 0 aromatic heterocycles. The number of nitrogens with zero attached hydrogens (tertiary/aromatic N) is 1. The molecular formula is C15H21NOS. The Balaban J connectivity index is 1.66. The second kappa shape index (κ2) is 5.24. The van der Waals surface area contributed by atoms with Gasteiger partial charge in [0, 0.05) is 22.2 Å². The van der Waals surface area contributed by atoms with Crippen molar-refractivity contribution >= 4 is 11.8 Å². The van der Waals surface area contributed by atoms with Crippen LogP contribution in [0.25, 0.3) is 0 Å². The van der Waals surface area contributed by atoms with Crippen molar-refractivity contribution in [1.29, 1.82) is 0 Å². The van der Waals surface area contributed by atoms with Crippen molar-refractivity contribution in [1.82, 2.24) is 4.90 Å². The first-order valence-electron chi connectivity index (χ1n) is 6.84. The third-order valence-corrected chi connectivity index (χ3v) is 5.68. The van der Waals surface area contributed by atoms with Crippen LogP contribution in [0.2, 0.25) is 0 Å². The van der Waals surface area contributed by atoms with E-state index in [0.29, 0.717) is 0 Å². The highest BCUT2D eigenvalue weighted by atomic mass is 32.2. The summed E-state index contributed by atoms with van der Waals surface area (Å²) in [7, 11) is 2.29. The van der Waals surface area contributed by atoms with Gasteiger partial charge < -0.3 is 10.0 Å². The number of aliphatic hydroxyl groups is 1. The van der Waals surface area contributed by atoms with Crippen LogP contribution in [0.3, 0.4) is 0 Å². The van der Waals surface area contributed by atoms with Crippen LogP contribution in [0.5, 0.6) is 0 Å². The fourth-order valence-electron chi connectivity index (χ4n) is 3.37. The molecule has 2 nitrogen and oxygen atoms in total. The Bertz CT molecular complexity index is 409. The number of fused-ring (bicyclic) bond motifs is 2. The van der Waals surface area contributed by atoms with Gasteiger partial charge in [0.25, 0.3) is 0 Å². The molecule has 0 amide bonds. The number of piperidine rings is 1. The predicted molar refractivity (Wildman–Crippen MR) is 75.8 cm³/mol. The van der Waals surface area contributed by atoms with Gasteiger partial charge in [0.2, 0.25) is 0 Å². The van der Waals surface area contributed by atoms with Gasteiger partial charge in [-0.1, -0.05) is 12.1 Å². The molecule has 3 heteroatoms. The van der Waals surface area contributed by atoms with E-state index < -0.39 is 0 Å². The summed E-state index contributed by atoms with van der Waals surface area (Å²) in [5, 5.41) is 9.94. The number of benzene rings is 1. The third kappa shape index (κ3) is 2.44. The zero-order valence-electron chi connectivity index (χ0n) is 10.9. The zero-order valence-corrected chi connectivity index (χ0v) is 11.7. The highest BCUT2D eigenvalue weighted by Gasteiger charge is 2.38. The summed E-state index contributed by atoms with van der Waals surface area (Å²) in [6.45, 7) is 0.146. The van der Waals surface area contributed by atoms with E-state index in [9.17, 15) is 5.11 Å². The first-order valence-corrected chi connectivity index (χ1v) is 7.72. The fourth-order valence-corrected chi connectivity index (χ4v) is 4.77. The minimum Gasteiger partial charge on any atom is -0.392 e. The highest BCUT2D eigenvalue weighted by Crippen LogP contribution is 2.41. The lowest BCUT2D eigenvalue weighted by molar-refractivity contribution is 0.183. The van der Waals surface area contributed by atoms with Crippen molar-refractivity contribution in [3.05, 3.63) is 29.8 Å². The standard InChI is InChI=1S/C15H21NOS/c1-16-12-5-6-13(16)9-15(8-12)18-14-4-2-3-11(7-14)10-17/h2-4,7,12-13,15,17H,5-6,8-10H2,1H3. The molecule has 0 radical (unpaired) electrons. The van der Waals surface area contributed by atoms with Crippen LogP contribution in [-0.2, 0) is 6.61 Å². The molecule has 98 valence electrons. The van der Waals surface area contributed by atoms with E-state index in [0.717, 1.165) is 22.9 Å². The Morgan fingerprint density at radius 1 is 1.28 bits per heavy atom. The lowest BCUT2D eigenvalue weighted by atomic mass is 10.0. The number of hydrogen-bond acceptors (Lipinski definition) is 3. The van der Waals surface area contributed by atoms with Crippen molar-refractivity contribution < 1.29 is 5.11 Å². The molecule has 18 heavy (non-hydrogen) atoms. The van der Waals surface area contributed by atoms with Crippen molar-refractivity contribution in [2.24, 2.45) is 0 Å². The molecule has 2 heterocycles. The molecule has 1 N–H and O–H groups in total. The van der Waals surface area contributed by atoms with Crippen molar-refractivity contribution in [2.45, 2.75) is 54.5 Å². The molecule has 2 atom stereocenters. The summed E-state index contributed by atoms with van der Waals surface area (Å²) in [5.41, 5.74) is 1.02. The summed E-state index contributed by atoms with van der Waals surface area (Å²) < 4.78 is 0. The van der Waals surface area contributed by atoms with Crippen LogP contribution in [0.15, 0.2) is 29.2 Å². The second-order valence-corrected chi connectivity index (χ2v) is 6.94. The van der Waals surface area contributed by atoms with Gasteiger partial charge >= 0.3 is 0 Å². The molecule has 2 bridgehead atoms. The van der Waals surface area contributed by atoms with E-state index in [1.165, 1.54) is 30.6 Å². The lowest BCUT2D eigenvalue weighted by Gasteiger charge is -2.36. The molecule has 1 aromatic rings. The zero-order chi connectivity index (χ0) is 12.5. The molecule has 1 aromatic carbocycles. The second-order valence-electron chi connectivity index (χ2n) is 5.57. The van der Waals surface area contributed by atoms with Crippen LogP contribution in [-0.4, -0.2) is 34.4 Å². The molecule has 2 fully saturated rings. The number of thioether (sulfide) groups is 1. The maximum atomic E-state index is 9.18. The molecule has 0 saturated carbocycles. The van der Waals surface area contributed by atoms with Gasteiger partial charge in [-0.25, -0.2) is 0 Å². The van der Waals surface area contributed by atoms with E-state index in [1.807, 2.05) is 17.8 Å². The molecule has 2 unspecified atom stereocenters. The summed E-state index contributed by atoms with van der Waals surface area (Å²) >= 11 is 2.01. The van der Waals surface area contributed by atoms with E-state index >= 15 is 0 Å². The Morgan fingerprint density at radius 2 is 2.00 bits per heavy atom. The maximum Gasteiger partial charge on any atom is 0.0682 e. The van der Waals surface area contributed by atoms with Gasteiger partial charge in [0.05, 0.1) is 6.61 Å². The van der Waals surface area contributed by atoms with Crippen molar-refractivity contribution in [2.75, 3.05) is 7.05 Å². The van der Waals surface area contributed by atoms with Gasteiger partial charge in [0.15, 0.2) is 0 Å². The predicted octanol–water partition coefficient (Wildman–Crippen LogP) is 2.90. The molecule has 2 aliphatic heterocycles. The number of aliphatic hydroxyl groups excluding tert-OH is 1. The van der Waals surface area contributed by atoms with E-state index in [1.54, 1.807) is 0 Å². The van der Waals surface area contributed by atoms with Crippen LogP contribution in [0.4, 0.5) is 0 Å². The summed E-state index contributed by atoms with van der Waals surface area (Å²) in [4.78, 5) is 3.90. The van der Waals surface area contributed by atoms with E-state index in [2.05, 4.69) is 30.1 Å². The SMILES string of the molecule is CN1C2CCC1CC(Sc1cccc(CO)c1)C2. The Morgan fingerprint density at radius 3 is 2.67 bits per heavy atom. The minimum absolute atomic E-state index is 0.146. The highest BCUT2D eigenvalue weighted by molar-refractivity contribution is 8.00. The number of hydrogen-bond donors (Lipinski definition) is 1. The van der Waals surface area contributed by atoms with Gasteiger partial charge in [-0.15, -0.1) is 11.8 Å². The monoisotopic (exact) mass is 263 g/mol. The first-order chi connectivity index (χ1) is 8.76. The first kappa shape index (κ1) is 12.5. The Kier molecular flexibility index (Phi) is 3.64. The van der Waals surface area contributed by atoms with Crippen LogP contribution >= 0.6 is 11.8 Å². The average molecular weight is 263 g/mol. The van der Waals surface area contributed by atoms with Gasteiger partial charge in [-0.2, -0.15) is 0 Å². The molecule has 0 spiro atoms. The third-order valence-electron chi connectivity index (χ3n) is 4.44. The lowest BCUT2D eigenvalue weighted by Crippen LogP contribution is -2.40. The number of rotatable bonds is 3. The molecule has 3 rings (SSSR count). The molecule has 0 aliphatic carbocycles. The van der Waals surface area contributed by atoms with Gasteiger partial charge in [-0.3, -0.25) is 0 Å². The van der Waals surface area contributed by atoms with E-state index in [4.69, 9.17) is 0 Å². The largest absolute Gasteiger partial charge is 0.392 e. The summed E-state index contributed by atoms with van der Waals surface area (Å²) in [5.74, 6) is 0. The molecule has 2 saturated heterocycles. The Hall–Kier alpha value is -0.510. The van der Waals surface area contributed by atoms with E-state index in [-0.39, 0.29) is 6.61 Å². The normalized spacial score (nSPS) is 31.8. The van der Waals surface area contributed by atoms with Crippen molar-refractivity contribution in [3.63, 3.8) is 0 Å². The van der Waals surface area contributed by atoms with Crippen molar-refractivity contribution in [3.8, 4) is 0 Å². The Labute approximate surface area is 113 Å². The maximum absolute atomic E-state index is 9.18. The fraction of sp³-hybridized carbons (Fsp3) is 0.600. The van der Waals surface area contributed by atoms with Crippen LogP contribution in [0, 0.1) is 0 Å².